The third kappa shape index (κ3) is 4.51. The summed E-state index contributed by atoms with van der Waals surface area (Å²) in [5, 5.41) is 20.2. The number of nitriles is 1. The van der Waals surface area contributed by atoms with Crippen molar-refractivity contribution in [1.82, 2.24) is 10.2 Å². The molecule has 0 fully saturated rings. The number of amides is 1. The highest BCUT2D eigenvalue weighted by molar-refractivity contribution is 6.03. The van der Waals surface area contributed by atoms with Crippen molar-refractivity contribution in [2.45, 2.75) is 26.4 Å². The molecular formula is C22H21N5O. The van der Waals surface area contributed by atoms with Gasteiger partial charge in [-0.15, -0.1) is 10.2 Å². The Morgan fingerprint density at radius 2 is 1.75 bits per heavy atom. The van der Waals surface area contributed by atoms with Crippen LogP contribution in [0.1, 0.15) is 35.5 Å². The van der Waals surface area contributed by atoms with Gasteiger partial charge in [0.25, 0.3) is 5.91 Å². The minimum atomic E-state index is -0.402. The summed E-state index contributed by atoms with van der Waals surface area (Å²) in [6.07, 6.45) is 0. The van der Waals surface area contributed by atoms with Crippen molar-refractivity contribution in [2.24, 2.45) is 0 Å². The Morgan fingerprint density at radius 3 is 2.39 bits per heavy atom. The van der Waals surface area contributed by atoms with E-state index in [0.29, 0.717) is 23.6 Å². The predicted molar refractivity (Wildman–Crippen MR) is 109 cm³/mol. The number of carbonyl (C=O) groups excluding carboxylic acids is 1. The number of carbonyl (C=O) groups is 1. The Balaban J connectivity index is 1.76. The number of nitrogens with one attached hydrogen (secondary N) is 1. The quantitative estimate of drug-likeness (QED) is 0.708. The summed E-state index contributed by atoms with van der Waals surface area (Å²) in [7, 11) is 0. The second kappa shape index (κ2) is 8.78. The molecule has 0 radical (unpaired) electrons. The number of aromatic nitrogens is 2. The standard InChI is InChI=1S/C22H21N5O/c1-16(2)27(15-17-8-4-3-5-9-17)21-13-12-20(25-26-21)22(28)24-19-11-7-6-10-18(19)14-23/h3-13,16H,15H2,1-2H3,(H,24,28). The zero-order valence-corrected chi connectivity index (χ0v) is 15.8. The van der Waals surface area contributed by atoms with Crippen LogP contribution in [0.2, 0.25) is 0 Å². The molecule has 0 bridgehead atoms. The van der Waals surface area contributed by atoms with Gasteiger partial charge < -0.3 is 10.2 Å². The van der Waals surface area contributed by atoms with Crippen LogP contribution in [-0.2, 0) is 6.54 Å². The lowest BCUT2D eigenvalue weighted by molar-refractivity contribution is 0.102. The van der Waals surface area contributed by atoms with Gasteiger partial charge in [0.05, 0.1) is 11.3 Å². The summed E-state index contributed by atoms with van der Waals surface area (Å²) >= 11 is 0. The van der Waals surface area contributed by atoms with Gasteiger partial charge in [-0.2, -0.15) is 5.26 Å². The predicted octanol–water partition coefficient (Wildman–Crippen LogP) is 4.02. The van der Waals surface area contributed by atoms with Crippen LogP contribution in [0, 0.1) is 11.3 Å². The van der Waals surface area contributed by atoms with Gasteiger partial charge in [0.15, 0.2) is 11.5 Å². The van der Waals surface area contributed by atoms with Crippen LogP contribution in [0.3, 0.4) is 0 Å². The van der Waals surface area contributed by atoms with E-state index < -0.39 is 5.91 Å². The van der Waals surface area contributed by atoms with Gasteiger partial charge in [-0.05, 0) is 43.7 Å². The number of hydrogen-bond donors (Lipinski definition) is 1. The van der Waals surface area contributed by atoms with Crippen molar-refractivity contribution < 1.29 is 4.79 Å². The molecule has 28 heavy (non-hydrogen) atoms. The van der Waals surface area contributed by atoms with Crippen LogP contribution in [0.15, 0.2) is 66.7 Å². The number of benzene rings is 2. The van der Waals surface area contributed by atoms with Crippen LogP contribution in [0.5, 0.6) is 0 Å². The van der Waals surface area contributed by atoms with Gasteiger partial charge in [-0.1, -0.05) is 42.5 Å². The zero-order chi connectivity index (χ0) is 19.9. The molecular weight excluding hydrogens is 350 g/mol. The second-order valence-corrected chi connectivity index (χ2v) is 6.60. The SMILES string of the molecule is CC(C)N(Cc1ccccc1)c1ccc(C(=O)Nc2ccccc2C#N)nn1. The number of para-hydroxylation sites is 1. The van der Waals surface area contributed by atoms with Crippen molar-refractivity contribution in [3.63, 3.8) is 0 Å². The molecule has 0 aliphatic heterocycles. The summed E-state index contributed by atoms with van der Waals surface area (Å²) in [6, 6.07) is 22.7. The largest absolute Gasteiger partial charge is 0.348 e. The van der Waals surface area contributed by atoms with Gasteiger partial charge in [0, 0.05) is 12.6 Å². The molecule has 1 N–H and O–H groups in total. The van der Waals surface area contributed by atoms with Crippen LogP contribution in [0.4, 0.5) is 11.5 Å². The van der Waals surface area contributed by atoms with Gasteiger partial charge in [-0.25, -0.2) is 0 Å². The Labute approximate surface area is 164 Å². The van der Waals surface area contributed by atoms with E-state index in [1.807, 2.05) is 18.2 Å². The molecule has 1 aromatic heterocycles. The fraction of sp³-hybridized carbons (Fsp3) is 0.182. The second-order valence-electron chi connectivity index (χ2n) is 6.60. The highest BCUT2D eigenvalue weighted by Crippen LogP contribution is 2.18. The van der Waals surface area contributed by atoms with Crippen molar-refractivity contribution in [3.8, 4) is 6.07 Å². The highest BCUT2D eigenvalue weighted by atomic mass is 16.1. The van der Waals surface area contributed by atoms with E-state index >= 15 is 0 Å². The first-order valence-corrected chi connectivity index (χ1v) is 9.03. The number of nitrogens with zero attached hydrogens (tertiary/aromatic N) is 4. The molecule has 0 spiro atoms. The molecule has 0 saturated carbocycles. The van der Waals surface area contributed by atoms with Crippen molar-refractivity contribution in [2.75, 3.05) is 10.2 Å². The highest BCUT2D eigenvalue weighted by Gasteiger charge is 2.16. The lowest BCUT2D eigenvalue weighted by atomic mass is 10.2. The molecule has 0 aliphatic rings. The van der Waals surface area contributed by atoms with Gasteiger partial charge in [0.1, 0.15) is 6.07 Å². The van der Waals surface area contributed by atoms with Crippen LogP contribution >= 0.6 is 0 Å². The number of rotatable bonds is 6. The van der Waals surface area contributed by atoms with E-state index in [9.17, 15) is 4.79 Å². The van der Waals surface area contributed by atoms with E-state index in [2.05, 4.69) is 52.5 Å². The first-order valence-electron chi connectivity index (χ1n) is 9.03. The molecule has 6 heteroatoms. The fourth-order valence-electron chi connectivity index (χ4n) is 2.78. The van der Waals surface area contributed by atoms with Gasteiger partial charge in [0.2, 0.25) is 0 Å². The fourth-order valence-corrected chi connectivity index (χ4v) is 2.78. The Hall–Kier alpha value is -3.72. The normalized spacial score (nSPS) is 10.4. The van der Waals surface area contributed by atoms with Crippen LogP contribution < -0.4 is 10.2 Å². The molecule has 1 heterocycles. The van der Waals surface area contributed by atoms with E-state index in [-0.39, 0.29) is 11.7 Å². The maximum absolute atomic E-state index is 12.5. The van der Waals surface area contributed by atoms with Crippen molar-refractivity contribution in [3.05, 3.63) is 83.6 Å². The lowest BCUT2D eigenvalue weighted by Crippen LogP contribution is -2.31. The van der Waals surface area contributed by atoms with Crippen LogP contribution in [-0.4, -0.2) is 22.1 Å². The minimum Gasteiger partial charge on any atom is -0.348 e. The summed E-state index contributed by atoms with van der Waals surface area (Å²) in [5.74, 6) is 0.300. The first kappa shape index (κ1) is 19.1. The van der Waals surface area contributed by atoms with Crippen LogP contribution in [0.25, 0.3) is 0 Å². The topological polar surface area (TPSA) is 81.9 Å². The smallest absolute Gasteiger partial charge is 0.276 e. The third-order valence-electron chi connectivity index (χ3n) is 4.29. The molecule has 140 valence electrons. The Morgan fingerprint density at radius 1 is 1.04 bits per heavy atom. The van der Waals surface area contributed by atoms with Crippen molar-refractivity contribution in [1.29, 1.82) is 5.26 Å². The van der Waals surface area contributed by atoms with Gasteiger partial charge >= 0.3 is 0 Å². The van der Waals surface area contributed by atoms with E-state index in [1.54, 1.807) is 36.4 Å². The summed E-state index contributed by atoms with van der Waals surface area (Å²) in [6.45, 7) is 4.88. The Bertz CT molecular complexity index is 978. The maximum atomic E-state index is 12.5. The van der Waals surface area contributed by atoms with E-state index in [0.717, 1.165) is 0 Å². The molecule has 0 atom stereocenters. The van der Waals surface area contributed by atoms with Gasteiger partial charge in [-0.3, -0.25) is 4.79 Å². The molecule has 0 aliphatic carbocycles. The monoisotopic (exact) mass is 371 g/mol. The number of anilines is 2. The first-order chi connectivity index (χ1) is 13.6. The molecule has 0 saturated heterocycles. The van der Waals surface area contributed by atoms with E-state index in [4.69, 9.17) is 5.26 Å². The molecule has 3 rings (SSSR count). The third-order valence-corrected chi connectivity index (χ3v) is 4.29. The average molecular weight is 371 g/mol. The number of hydrogen-bond acceptors (Lipinski definition) is 5. The molecule has 6 nitrogen and oxygen atoms in total. The average Bonchev–Trinajstić information content (AvgIpc) is 2.73. The summed E-state index contributed by atoms with van der Waals surface area (Å²) in [4.78, 5) is 14.6. The molecule has 0 unspecified atom stereocenters. The maximum Gasteiger partial charge on any atom is 0.276 e. The lowest BCUT2D eigenvalue weighted by Gasteiger charge is -2.27. The van der Waals surface area contributed by atoms with Crippen molar-refractivity contribution >= 4 is 17.4 Å². The summed E-state index contributed by atoms with van der Waals surface area (Å²) < 4.78 is 0. The van der Waals surface area contributed by atoms with E-state index in [1.165, 1.54) is 5.56 Å². The zero-order valence-electron chi connectivity index (χ0n) is 15.8. The molecule has 2 aromatic carbocycles. The summed E-state index contributed by atoms with van der Waals surface area (Å²) in [5.41, 5.74) is 2.22. The molecule has 1 amide bonds. The minimum absolute atomic E-state index is 0.194. The Kier molecular flexibility index (Phi) is 5.97. The molecule has 3 aromatic rings.